The van der Waals surface area contributed by atoms with Crippen molar-refractivity contribution in [3.63, 3.8) is 0 Å². The van der Waals surface area contributed by atoms with E-state index in [1.165, 1.54) is 10.5 Å². The van der Waals surface area contributed by atoms with E-state index in [0.29, 0.717) is 0 Å². The third-order valence-electron chi connectivity index (χ3n) is 2.67. The second-order valence-electron chi connectivity index (χ2n) is 3.71. The van der Waals surface area contributed by atoms with Crippen molar-refractivity contribution < 1.29 is 5.11 Å². The molecule has 0 saturated heterocycles. The van der Waals surface area contributed by atoms with Crippen molar-refractivity contribution in [2.45, 2.75) is 30.3 Å². The maximum atomic E-state index is 9.99. The Morgan fingerprint density at radius 2 is 2.08 bits per heavy atom. The smallest absolute Gasteiger partial charge is 0.0901 e. The highest BCUT2D eigenvalue weighted by atomic mass is 32.2. The summed E-state index contributed by atoms with van der Waals surface area (Å²) in [5, 5.41) is 9.99. The molecule has 1 aliphatic rings. The summed E-state index contributed by atoms with van der Waals surface area (Å²) in [5.41, 5.74) is 1.84. The molecule has 1 N–H and O–H groups in total. The topological polar surface area (TPSA) is 20.2 Å². The Morgan fingerprint density at radius 1 is 1.38 bits per heavy atom. The highest BCUT2D eigenvalue weighted by molar-refractivity contribution is 7.98. The summed E-state index contributed by atoms with van der Waals surface area (Å²) in [5.74, 6) is 0. The third kappa shape index (κ3) is 1.61. The van der Waals surface area contributed by atoms with Gasteiger partial charge in [-0.2, -0.15) is 0 Å². The predicted molar refractivity (Wildman–Crippen MR) is 56.1 cm³/mol. The van der Waals surface area contributed by atoms with Gasteiger partial charge < -0.3 is 5.11 Å². The van der Waals surface area contributed by atoms with Crippen LogP contribution in [0.4, 0.5) is 0 Å². The zero-order valence-corrected chi connectivity index (χ0v) is 8.82. The molecular weight excluding hydrogens is 180 g/mol. The highest BCUT2D eigenvalue weighted by Crippen LogP contribution is 2.47. The van der Waals surface area contributed by atoms with Gasteiger partial charge in [0.2, 0.25) is 0 Å². The minimum Gasteiger partial charge on any atom is -0.385 e. The van der Waals surface area contributed by atoms with Gasteiger partial charge in [-0.25, -0.2) is 0 Å². The van der Waals surface area contributed by atoms with Crippen LogP contribution >= 0.6 is 11.8 Å². The van der Waals surface area contributed by atoms with Crippen molar-refractivity contribution in [1.29, 1.82) is 0 Å². The molecular formula is C11H14OS. The van der Waals surface area contributed by atoms with Crippen molar-refractivity contribution in [3.8, 4) is 0 Å². The maximum absolute atomic E-state index is 9.99. The van der Waals surface area contributed by atoms with Crippen LogP contribution in [0.1, 0.15) is 24.0 Å². The minimum atomic E-state index is -0.490. The molecule has 1 fully saturated rings. The van der Waals surface area contributed by atoms with E-state index in [-0.39, 0.29) is 0 Å². The summed E-state index contributed by atoms with van der Waals surface area (Å²) in [7, 11) is 0. The molecule has 1 aromatic rings. The molecule has 0 spiro atoms. The molecule has 0 unspecified atom stereocenters. The van der Waals surface area contributed by atoms with Gasteiger partial charge in [0.15, 0.2) is 0 Å². The lowest BCUT2D eigenvalue weighted by Gasteiger charge is -2.12. The van der Waals surface area contributed by atoms with Gasteiger partial charge in [0, 0.05) is 4.90 Å². The average molecular weight is 194 g/mol. The van der Waals surface area contributed by atoms with Gasteiger partial charge in [-0.15, -0.1) is 11.8 Å². The van der Waals surface area contributed by atoms with Gasteiger partial charge in [-0.05, 0) is 49.3 Å². The molecule has 2 heteroatoms. The number of hydrogen-bond acceptors (Lipinski definition) is 2. The quantitative estimate of drug-likeness (QED) is 0.730. The van der Waals surface area contributed by atoms with Gasteiger partial charge >= 0.3 is 0 Å². The first kappa shape index (κ1) is 9.10. The monoisotopic (exact) mass is 194 g/mol. The summed E-state index contributed by atoms with van der Waals surface area (Å²) < 4.78 is 0. The molecule has 1 aliphatic carbocycles. The molecule has 0 aliphatic heterocycles. The highest BCUT2D eigenvalue weighted by Gasteiger charge is 2.43. The Labute approximate surface area is 83.2 Å². The lowest BCUT2D eigenvalue weighted by atomic mass is 10.0. The van der Waals surface area contributed by atoms with E-state index in [4.69, 9.17) is 0 Å². The van der Waals surface area contributed by atoms with Gasteiger partial charge in [0.05, 0.1) is 5.60 Å². The number of benzene rings is 1. The van der Waals surface area contributed by atoms with Crippen LogP contribution in [0, 0.1) is 6.92 Å². The molecule has 0 amide bonds. The SMILES string of the molecule is CSc1ccc(C)c(C2(O)CC2)c1. The van der Waals surface area contributed by atoms with Crippen LogP contribution in [-0.2, 0) is 5.60 Å². The van der Waals surface area contributed by atoms with Crippen molar-refractivity contribution in [1.82, 2.24) is 0 Å². The van der Waals surface area contributed by atoms with E-state index in [1.54, 1.807) is 11.8 Å². The van der Waals surface area contributed by atoms with E-state index >= 15 is 0 Å². The molecule has 0 atom stereocenters. The fourth-order valence-electron chi connectivity index (χ4n) is 1.62. The number of aryl methyl sites for hydroxylation is 1. The molecule has 2 rings (SSSR count). The fourth-order valence-corrected chi connectivity index (χ4v) is 2.06. The zero-order chi connectivity index (χ0) is 9.47. The molecule has 1 aromatic carbocycles. The van der Waals surface area contributed by atoms with E-state index in [1.807, 2.05) is 0 Å². The lowest BCUT2D eigenvalue weighted by Crippen LogP contribution is -2.06. The van der Waals surface area contributed by atoms with Crippen molar-refractivity contribution >= 4 is 11.8 Å². The molecule has 70 valence electrons. The lowest BCUT2D eigenvalue weighted by molar-refractivity contribution is 0.150. The van der Waals surface area contributed by atoms with Crippen molar-refractivity contribution in [3.05, 3.63) is 29.3 Å². The van der Waals surface area contributed by atoms with Gasteiger partial charge in [0.1, 0.15) is 0 Å². The van der Waals surface area contributed by atoms with Crippen molar-refractivity contribution in [2.24, 2.45) is 0 Å². The Bertz CT molecular complexity index is 329. The number of rotatable bonds is 2. The van der Waals surface area contributed by atoms with Crippen LogP contribution in [0.15, 0.2) is 23.1 Å². The first-order valence-electron chi connectivity index (χ1n) is 4.53. The maximum Gasteiger partial charge on any atom is 0.0901 e. The molecule has 1 saturated carbocycles. The molecule has 13 heavy (non-hydrogen) atoms. The first-order chi connectivity index (χ1) is 6.15. The summed E-state index contributed by atoms with van der Waals surface area (Å²) in [4.78, 5) is 1.24. The number of hydrogen-bond donors (Lipinski definition) is 1. The molecule has 0 radical (unpaired) electrons. The normalized spacial score (nSPS) is 18.7. The average Bonchev–Trinajstić information content (AvgIpc) is 2.86. The van der Waals surface area contributed by atoms with Crippen LogP contribution in [0.25, 0.3) is 0 Å². The standard InChI is InChI=1S/C11H14OS/c1-8-3-4-9(13-2)7-10(8)11(12)5-6-11/h3-4,7,12H,5-6H2,1-2H3. The minimum absolute atomic E-state index is 0.490. The van der Waals surface area contributed by atoms with Crippen molar-refractivity contribution in [2.75, 3.05) is 6.26 Å². The molecule has 0 heterocycles. The van der Waals surface area contributed by atoms with Crippen LogP contribution in [0.3, 0.4) is 0 Å². The van der Waals surface area contributed by atoms with Crippen LogP contribution < -0.4 is 0 Å². The van der Waals surface area contributed by atoms with E-state index in [2.05, 4.69) is 31.4 Å². The molecule has 0 bridgehead atoms. The largest absolute Gasteiger partial charge is 0.385 e. The Kier molecular flexibility index (Phi) is 2.12. The number of thioether (sulfide) groups is 1. The second kappa shape index (κ2) is 3.03. The zero-order valence-electron chi connectivity index (χ0n) is 8.00. The van der Waals surface area contributed by atoms with Crippen LogP contribution in [0.5, 0.6) is 0 Å². The van der Waals surface area contributed by atoms with Gasteiger partial charge in [-0.3, -0.25) is 0 Å². The van der Waals surface area contributed by atoms with E-state index in [9.17, 15) is 5.11 Å². The Hall–Kier alpha value is -0.470. The van der Waals surface area contributed by atoms with Gasteiger partial charge in [-0.1, -0.05) is 6.07 Å². The Morgan fingerprint density at radius 3 is 2.62 bits per heavy atom. The summed E-state index contributed by atoms with van der Waals surface area (Å²) >= 11 is 1.72. The third-order valence-corrected chi connectivity index (χ3v) is 3.40. The Balaban J connectivity index is 2.43. The molecule has 1 nitrogen and oxygen atoms in total. The fraction of sp³-hybridized carbons (Fsp3) is 0.455. The van der Waals surface area contributed by atoms with Crippen LogP contribution in [-0.4, -0.2) is 11.4 Å². The van der Waals surface area contributed by atoms with Gasteiger partial charge in [0.25, 0.3) is 0 Å². The molecule has 0 aromatic heterocycles. The summed E-state index contributed by atoms with van der Waals surface area (Å²) in [6.07, 6.45) is 3.91. The van der Waals surface area contributed by atoms with E-state index in [0.717, 1.165) is 18.4 Å². The predicted octanol–water partition coefficient (Wildman–Crippen LogP) is 2.70. The first-order valence-corrected chi connectivity index (χ1v) is 5.76. The number of aliphatic hydroxyl groups is 1. The summed E-state index contributed by atoms with van der Waals surface area (Å²) in [6, 6.07) is 6.32. The summed E-state index contributed by atoms with van der Waals surface area (Å²) in [6.45, 7) is 2.07. The van der Waals surface area contributed by atoms with E-state index < -0.39 is 5.60 Å². The second-order valence-corrected chi connectivity index (χ2v) is 4.59. The van der Waals surface area contributed by atoms with Crippen LogP contribution in [0.2, 0.25) is 0 Å².